The molecule has 0 fully saturated rings. The van der Waals surface area contributed by atoms with Crippen molar-refractivity contribution in [1.29, 1.82) is 0 Å². The van der Waals surface area contributed by atoms with E-state index in [4.69, 9.17) is 11.6 Å². The summed E-state index contributed by atoms with van der Waals surface area (Å²) < 4.78 is 0. The van der Waals surface area contributed by atoms with Gasteiger partial charge in [0, 0.05) is 10.7 Å². The van der Waals surface area contributed by atoms with Gasteiger partial charge < -0.3 is 10.4 Å². The molecule has 1 unspecified atom stereocenters. The number of hydrogen-bond donors (Lipinski definition) is 2. The second-order valence-electron chi connectivity index (χ2n) is 5.34. The van der Waals surface area contributed by atoms with Gasteiger partial charge in [-0.05, 0) is 43.5 Å². The van der Waals surface area contributed by atoms with E-state index in [2.05, 4.69) is 17.4 Å². The largest absolute Gasteiger partial charge is 0.394 e. The van der Waals surface area contributed by atoms with Gasteiger partial charge in [-0.3, -0.25) is 0 Å². The van der Waals surface area contributed by atoms with Crippen molar-refractivity contribution in [3.8, 4) is 0 Å². The van der Waals surface area contributed by atoms with Gasteiger partial charge in [0.15, 0.2) is 0 Å². The van der Waals surface area contributed by atoms with Gasteiger partial charge in [0.25, 0.3) is 0 Å². The third-order valence-corrected chi connectivity index (χ3v) is 3.66. The van der Waals surface area contributed by atoms with E-state index in [1.807, 2.05) is 49.4 Å². The zero-order valence-corrected chi connectivity index (χ0v) is 12.4. The predicted molar refractivity (Wildman–Crippen MR) is 85.3 cm³/mol. The number of aliphatic hydroxyl groups is 1. The van der Waals surface area contributed by atoms with Crippen molar-refractivity contribution in [2.75, 3.05) is 11.9 Å². The lowest BCUT2D eigenvalue weighted by Gasteiger charge is -2.30. The SMILES string of the molecule is CC(CO)(CCc1ccccc1)Nc1cccc(Cl)c1. The van der Waals surface area contributed by atoms with Gasteiger partial charge in [0.05, 0.1) is 12.1 Å². The van der Waals surface area contributed by atoms with Crippen molar-refractivity contribution < 1.29 is 5.11 Å². The molecule has 20 heavy (non-hydrogen) atoms. The highest BCUT2D eigenvalue weighted by Gasteiger charge is 2.22. The van der Waals surface area contributed by atoms with Crippen LogP contribution in [0.4, 0.5) is 5.69 Å². The summed E-state index contributed by atoms with van der Waals surface area (Å²) in [5.41, 5.74) is 1.85. The monoisotopic (exact) mass is 289 g/mol. The van der Waals surface area contributed by atoms with Gasteiger partial charge in [0.1, 0.15) is 0 Å². The van der Waals surface area contributed by atoms with Crippen LogP contribution in [0.2, 0.25) is 5.02 Å². The average Bonchev–Trinajstić information content (AvgIpc) is 2.46. The van der Waals surface area contributed by atoms with E-state index in [1.165, 1.54) is 5.56 Å². The summed E-state index contributed by atoms with van der Waals surface area (Å²) in [6.07, 6.45) is 1.77. The highest BCUT2D eigenvalue weighted by atomic mass is 35.5. The molecule has 0 aliphatic rings. The van der Waals surface area contributed by atoms with Crippen LogP contribution < -0.4 is 5.32 Å². The quantitative estimate of drug-likeness (QED) is 0.838. The number of hydrogen-bond acceptors (Lipinski definition) is 2. The zero-order valence-electron chi connectivity index (χ0n) is 11.6. The lowest BCUT2D eigenvalue weighted by Crippen LogP contribution is -2.39. The number of anilines is 1. The fraction of sp³-hybridized carbons (Fsp3) is 0.294. The Morgan fingerprint density at radius 1 is 1.10 bits per heavy atom. The molecular formula is C17H20ClNO. The predicted octanol–water partition coefficient (Wildman–Crippen LogP) is 4.14. The summed E-state index contributed by atoms with van der Waals surface area (Å²) in [5.74, 6) is 0. The lowest BCUT2D eigenvalue weighted by molar-refractivity contribution is 0.215. The van der Waals surface area contributed by atoms with Crippen LogP contribution in [0.15, 0.2) is 54.6 Å². The van der Waals surface area contributed by atoms with Crippen molar-refractivity contribution in [3.05, 3.63) is 65.2 Å². The molecule has 0 saturated heterocycles. The standard InChI is InChI=1S/C17H20ClNO/c1-17(13-20,11-10-14-6-3-2-4-7-14)19-16-9-5-8-15(18)12-16/h2-9,12,19-20H,10-11,13H2,1H3. The van der Waals surface area contributed by atoms with Gasteiger partial charge in [-0.1, -0.05) is 48.0 Å². The molecule has 0 aromatic heterocycles. The molecule has 3 heteroatoms. The van der Waals surface area contributed by atoms with E-state index in [9.17, 15) is 5.11 Å². The van der Waals surface area contributed by atoms with E-state index in [0.717, 1.165) is 18.5 Å². The normalized spacial score (nSPS) is 13.8. The van der Waals surface area contributed by atoms with Crippen LogP contribution in [0, 0.1) is 0 Å². The Morgan fingerprint density at radius 2 is 1.85 bits per heavy atom. The Kier molecular flexibility index (Phi) is 5.05. The first-order valence-corrected chi connectivity index (χ1v) is 7.18. The number of benzene rings is 2. The van der Waals surface area contributed by atoms with Crippen LogP contribution >= 0.6 is 11.6 Å². The van der Waals surface area contributed by atoms with Crippen LogP contribution in [-0.2, 0) is 6.42 Å². The molecule has 1 atom stereocenters. The minimum absolute atomic E-state index is 0.0757. The number of nitrogens with one attached hydrogen (secondary N) is 1. The summed E-state index contributed by atoms with van der Waals surface area (Å²) in [5, 5.41) is 13.8. The molecule has 2 nitrogen and oxygen atoms in total. The van der Waals surface area contributed by atoms with Crippen molar-refractivity contribution in [2.24, 2.45) is 0 Å². The fourth-order valence-corrected chi connectivity index (χ4v) is 2.35. The minimum atomic E-state index is -0.361. The van der Waals surface area contributed by atoms with E-state index in [0.29, 0.717) is 5.02 Å². The number of rotatable bonds is 6. The second-order valence-corrected chi connectivity index (χ2v) is 5.78. The van der Waals surface area contributed by atoms with Gasteiger partial charge in [0.2, 0.25) is 0 Å². The van der Waals surface area contributed by atoms with Crippen LogP contribution in [0.3, 0.4) is 0 Å². The maximum absolute atomic E-state index is 9.70. The molecule has 106 valence electrons. The molecule has 0 aliphatic carbocycles. The Balaban J connectivity index is 2.01. The maximum atomic E-state index is 9.70. The summed E-state index contributed by atoms with van der Waals surface area (Å²) in [6, 6.07) is 17.9. The molecule has 0 spiro atoms. The molecule has 0 bridgehead atoms. The Morgan fingerprint density at radius 3 is 2.50 bits per heavy atom. The number of aryl methyl sites for hydroxylation is 1. The maximum Gasteiger partial charge on any atom is 0.0658 e. The van der Waals surface area contributed by atoms with Gasteiger partial charge >= 0.3 is 0 Å². The zero-order chi connectivity index (χ0) is 14.4. The van der Waals surface area contributed by atoms with E-state index in [1.54, 1.807) is 0 Å². The van der Waals surface area contributed by atoms with E-state index < -0.39 is 0 Å². The molecule has 0 amide bonds. The number of aliphatic hydroxyl groups excluding tert-OH is 1. The molecule has 2 N–H and O–H groups in total. The highest BCUT2D eigenvalue weighted by Crippen LogP contribution is 2.22. The van der Waals surface area contributed by atoms with Crippen LogP contribution in [0.25, 0.3) is 0 Å². The molecule has 0 saturated carbocycles. The molecule has 2 aromatic rings. The van der Waals surface area contributed by atoms with Gasteiger partial charge in [-0.25, -0.2) is 0 Å². The Bertz CT molecular complexity index is 544. The number of halogens is 1. The molecular weight excluding hydrogens is 270 g/mol. The smallest absolute Gasteiger partial charge is 0.0658 e. The van der Waals surface area contributed by atoms with Crippen molar-refractivity contribution in [1.82, 2.24) is 0 Å². The van der Waals surface area contributed by atoms with Crippen molar-refractivity contribution >= 4 is 17.3 Å². The topological polar surface area (TPSA) is 32.3 Å². The Hall–Kier alpha value is -1.51. The Labute approximate surface area is 125 Å². The van der Waals surface area contributed by atoms with E-state index in [-0.39, 0.29) is 12.1 Å². The van der Waals surface area contributed by atoms with Crippen LogP contribution in [0.1, 0.15) is 18.9 Å². The first kappa shape index (κ1) is 14.9. The third-order valence-electron chi connectivity index (χ3n) is 3.43. The van der Waals surface area contributed by atoms with Gasteiger partial charge in [-0.2, -0.15) is 0 Å². The molecule has 0 aliphatic heterocycles. The minimum Gasteiger partial charge on any atom is -0.394 e. The highest BCUT2D eigenvalue weighted by molar-refractivity contribution is 6.30. The molecule has 2 aromatic carbocycles. The summed E-state index contributed by atoms with van der Waals surface area (Å²) in [4.78, 5) is 0. The first-order valence-electron chi connectivity index (χ1n) is 6.80. The second kappa shape index (κ2) is 6.78. The molecule has 0 heterocycles. The van der Waals surface area contributed by atoms with E-state index >= 15 is 0 Å². The average molecular weight is 290 g/mol. The summed E-state index contributed by atoms with van der Waals surface area (Å²) in [6.45, 7) is 2.10. The van der Waals surface area contributed by atoms with Gasteiger partial charge in [-0.15, -0.1) is 0 Å². The third kappa shape index (κ3) is 4.26. The molecule has 0 radical (unpaired) electrons. The lowest BCUT2D eigenvalue weighted by atomic mass is 9.93. The van der Waals surface area contributed by atoms with Crippen molar-refractivity contribution in [2.45, 2.75) is 25.3 Å². The summed E-state index contributed by atoms with van der Waals surface area (Å²) in [7, 11) is 0. The van der Waals surface area contributed by atoms with Crippen molar-refractivity contribution in [3.63, 3.8) is 0 Å². The first-order chi connectivity index (χ1) is 9.61. The van der Waals surface area contributed by atoms with Crippen LogP contribution in [0.5, 0.6) is 0 Å². The summed E-state index contributed by atoms with van der Waals surface area (Å²) >= 11 is 5.99. The fourth-order valence-electron chi connectivity index (χ4n) is 2.16. The molecule has 2 rings (SSSR count). The van der Waals surface area contributed by atoms with Crippen LogP contribution in [-0.4, -0.2) is 17.3 Å².